The zero-order valence-corrected chi connectivity index (χ0v) is 18.0. The zero-order chi connectivity index (χ0) is 19.4. The van der Waals surface area contributed by atoms with Crippen molar-refractivity contribution in [2.75, 3.05) is 0 Å². The SMILES string of the molecule is CCCCCCCCCCCCCCC#CC[C@@H](C)OCc1ccccc1. The van der Waals surface area contributed by atoms with Crippen molar-refractivity contribution in [3.05, 3.63) is 35.9 Å². The van der Waals surface area contributed by atoms with Gasteiger partial charge >= 0.3 is 0 Å². The third-order valence-corrected chi connectivity index (χ3v) is 5.05. The summed E-state index contributed by atoms with van der Waals surface area (Å²) in [6.07, 6.45) is 18.9. The zero-order valence-electron chi connectivity index (χ0n) is 18.0. The summed E-state index contributed by atoms with van der Waals surface area (Å²) in [6, 6.07) is 10.3. The van der Waals surface area contributed by atoms with E-state index in [4.69, 9.17) is 4.74 Å². The molecule has 0 radical (unpaired) electrons. The van der Waals surface area contributed by atoms with E-state index in [-0.39, 0.29) is 6.10 Å². The van der Waals surface area contributed by atoms with Crippen LogP contribution >= 0.6 is 0 Å². The smallest absolute Gasteiger partial charge is 0.0720 e. The first-order valence-corrected chi connectivity index (χ1v) is 11.4. The largest absolute Gasteiger partial charge is 0.373 e. The summed E-state index contributed by atoms with van der Waals surface area (Å²) in [7, 11) is 0. The summed E-state index contributed by atoms with van der Waals surface area (Å²) in [4.78, 5) is 0. The maximum absolute atomic E-state index is 5.84. The van der Waals surface area contributed by atoms with E-state index in [1.54, 1.807) is 0 Å². The molecule has 1 aromatic rings. The van der Waals surface area contributed by atoms with Gasteiger partial charge in [-0.05, 0) is 18.9 Å². The highest BCUT2D eigenvalue weighted by Gasteiger charge is 2.00. The van der Waals surface area contributed by atoms with Crippen LogP contribution in [0.4, 0.5) is 0 Å². The van der Waals surface area contributed by atoms with Gasteiger partial charge in [-0.25, -0.2) is 0 Å². The van der Waals surface area contributed by atoms with Crippen molar-refractivity contribution >= 4 is 0 Å². The van der Waals surface area contributed by atoms with E-state index >= 15 is 0 Å². The molecule has 1 atom stereocenters. The van der Waals surface area contributed by atoms with Gasteiger partial charge in [-0.1, -0.05) is 108 Å². The molecule has 0 saturated carbocycles. The predicted octanol–water partition coefficient (Wildman–Crippen LogP) is 8.08. The number of hydrogen-bond acceptors (Lipinski definition) is 1. The van der Waals surface area contributed by atoms with Gasteiger partial charge in [-0.15, -0.1) is 11.8 Å². The summed E-state index contributed by atoms with van der Waals surface area (Å²) >= 11 is 0. The Morgan fingerprint density at radius 2 is 1.30 bits per heavy atom. The van der Waals surface area contributed by atoms with E-state index in [0.717, 1.165) is 12.8 Å². The van der Waals surface area contributed by atoms with Crippen molar-refractivity contribution in [2.45, 2.75) is 116 Å². The molecule has 0 spiro atoms. The predicted molar refractivity (Wildman–Crippen MR) is 119 cm³/mol. The molecule has 0 aliphatic carbocycles. The van der Waals surface area contributed by atoms with Crippen LogP contribution in [0.15, 0.2) is 30.3 Å². The third kappa shape index (κ3) is 15.5. The summed E-state index contributed by atoms with van der Waals surface area (Å²) in [5.41, 5.74) is 1.23. The first-order valence-electron chi connectivity index (χ1n) is 11.4. The molecule has 152 valence electrons. The monoisotopic (exact) mass is 370 g/mol. The highest BCUT2D eigenvalue weighted by Crippen LogP contribution is 2.12. The lowest BCUT2D eigenvalue weighted by Gasteiger charge is -2.09. The van der Waals surface area contributed by atoms with Gasteiger partial charge in [0.1, 0.15) is 0 Å². The number of benzene rings is 1. The van der Waals surface area contributed by atoms with Crippen molar-refractivity contribution in [1.82, 2.24) is 0 Å². The van der Waals surface area contributed by atoms with Crippen molar-refractivity contribution in [1.29, 1.82) is 0 Å². The van der Waals surface area contributed by atoms with Crippen LogP contribution in [0, 0.1) is 11.8 Å². The Morgan fingerprint density at radius 3 is 1.89 bits per heavy atom. The first kappa shape index (κ1) is 23.8. The number of unbranched alkanes of at least 4 members (excludes halogenated alkanes) is 12. The fraction of sp³-hybridized carbons (Fsp3) is 0.692. The lowest BCUT2D eigenvalue weighted by atomic mass is 10.0. The molecule has 0 bridgehead atoms. The van der Waals surface area contributed by atoms with Gasteiger partial charge in [0.25, 0.3) is 0 Å². The second kappa shape index (κ2) is 18.1. The maximum Gasteiger partial charge on any atom is 0.0720 e. The van der Waals surface area contributed by atoms with E-state index < -0.39 is 0 Å². The molecule has 1 rings (SSSR count). The summed E-state index contributed by atoms with van der Waals surface area (Å²) < 4.78 is 5.84. The Morgan fingerprint density at radius 1 is 0.741 bits per heavy atom. The number of hydrogen-bond donors (Lipinski definition) is 0. The normalized spacial score (nSPS) is 11.8. The number of rotatable bonds is 16. The Bertz CT molecular complexity index is 482. The molecule has 0 amide bonds. The average molecular weight is 371 g/mol. The van der Waals surface area contributed by atoms with Crippen molar-refractivity contribution in [2.24, 2.45) is 0 Å². The van der Waals surface area contributed by atoms with Crippen LogP contribution in [0.3, 0.4) is 0 Å². The van der Waals surface area contributed by atoms with E-state index in [9.17, 15) is 0 Å². The third-order valence-electron chi connectivity index (χ3n) is 5.05. The summed E-state index contributed by atoms with van der Waals surface area (Å²) in [5, 5.41) is 0. The quantitative estimate of drug-likeness (QED) is 0.211. The topological polar surface area (TPSA) is 9.23 Å². The van der Waals surface area contributed by atoms with Gasteiger partial charge in [-0.3, -0.25) is 0 Å². The molecule has 1 aromatic carbocycles. The fourth-order valence-corrected chi connectivity index (χ4v) is 3.23. The van der Waals surface area contributed by atoms with Gasteiger partial charge in [0.2, 0.25) is 0 Å². The molecule has 0 unspecified atom stereocenters. The van der Waals surface area contributed by atoms with Crippen LogP contribution in [0.2, 0.25) is 0 Å². The minimum absolute atomic E-state index is 0.208. The second-order valence-electron chi connectivity index (χ2n) is 7.80. The molecule has 0 fully saturated rings. The Kier molecular flexibility index (Phi) is 16.0. The molecule has 1 heteroatoms. The van der Waals surface area contributed by atoms with Crippen LogP contribution < -0.4 is 0 Å². The lowest BCUT2D eigenvalue weighted by molar-refractivity contribution is 0.0566. The molecule has 0 saturated heterocycles. The van der Waals surface area contributed by atoms with Crippen LogP contribution in [0.1, 0.15) is 109 Å². The average Bonchev–Trinajstić information content (AvgIpc) is 2.70. The molecule has 0 aliphatic rings. The van der Waals surface area contributed by atoms with Gasteiger partial charge in [0.15, 0.2) is 0 Å². The molecule has 0 N–H and O–H groups in total. The molecule has 0 aliphatic heterocycles. The Balaban J connectivity index is 1.84. The van der Waals surface area contributed by atoms with Crippen LogP contribution in [0.5, 0.6) is 0 Å². The molecular formula is C26H42O. The first-order chi connectivity index (χ1) is 13.3. The van der Waals surface area contributed by atoms with Gasteiger partial charge < -0.3 is 4.74 Å². The molecule has 0 aromatic heterocycles. The van der Waals surface area contributed by atoms with Gasteiger partial charge in [0.05, 0.1) is 12.7 Å². The van der Waals surface area contributed by atoms with E-state index in [1.165, 1.54) is 82.6 Å². The fourth-order valence-electron chi connectivity index (χ4n) is 3.23. The standard InChI is InChI=1S/C26H42O/c1-3-4-5-6-7-8-9-10-11-12-13-14-15-16-18-21-25(2)27-24-26-22-19-17-20-23-26/h17,19-20,22-23,25H,3-15,21,24H2,1-2H3/t25-/m1/s1. The van der Waals surface area contributed by atoms with Gasteiger partial charge in [-0.2, -0.15) is 0 Å². The van der Waals surface area contributed by atoms with Crippen LogP contribution in [-0.4, -0.2) is 6.10 Å². The Hall–Kier alpha value is -1.26. The van der Waals surface area contributed by atoms with E-state index in [0.29, 0.717) is 6.61 Å². The van der Waals surface area contributed by atoms with Crippen molar-refractivity contribution in [3.8, 4) is 11.8 Å². The molecule has 27 heavy (non-hydrogen) atoms. The summed E-state index contributed by atoms with van der Waals surface area (Å²) in [6.45, 7) is 5.08. The van der Waals surface area contributed by atoms with Gasteiger partial charge in [0, 0.05) is 12.8 Å². The van der Waals surface area contributed by atoms with E-state index in [1.807, 2.05) is 6.07 Å². The van der Waals surface area contributed by atoms with Crippen molar-refractivity contribution < 1.29 is 4.74 Å². The minimum Gasteiger partial charge on any atom is -0.373 e. The summed E-state index contributed by atoms with van der Waals surface area (Å²) in [5.74, 6) is 6.61. The minimum atomic E-state index is 0.208. The van der Waals surface area contributed by atoms with Crippen LogP contribution in [0.25, 0.3) is 0 Å². The molecule has 0 heterocycles. The highest BCUT2D eigenvalue weighted by atomic mass is 16.5. The molecular weight excluding hydrogens is 328 g/mol. The highest BCUT2D eigenvalue weighted by molar-refractivity contribution is 5.13. The Labute approximate surface area is 169 Å². The number of ether oxygens (including phenoxy) is 1. The second-order valence-corrected chi connectivity index (χ2v) is 7.80. The van der Waals surface area contributed by atoms with Crippen molar-refractivity contribution in [3.63, 3.8) is 0 Å². The van der Waals surface area contributed by atoms with E-state index in [2.05, 4.69) is 50.0 Å². The molecule has 1 nitrogen and oxygen atoms in total. The maximum atomic E-state index is 5.84. The van der Waals surface area contributed by atoms with Crippen LogP contribution in [-0.2, 0) is 11.3 Å². The lowest BCUT2D eigenvalue weighted by Crippen LogP contribution is -2.06.